The second kappa shape index (κ2) is 5.93. The van der Waals surface area contributed by atoms with Crippen LogP contribution in [0.5, 0.6) is 5.75 Å². The maximum absolute atomic E-state index is 13.7. The number of benzene rings is 2. The van der Waals surface area contributed by atoms with Crippen molar-refractivity contribution in [3.05, 3.63) is 58.9 Å². The van der Waals surface area contributed by atoms with Crippen LogP contribution in [0.25, 0.3) is 0 Å². The highest BCUT2D eigenvalue weighted by atomic mass is 35.5. The van der Waals surface area contributed by atoms with Gasteiger partial charge in [-0.1, -0.05) is 29.8 Å². The molecular weight excluding hydrogens is 265 g/mol. The Morgan fingerprint density at radius 1 is 1.21 bits per heavy atom. The molecule has 0 bridgehead atoms. The second-order valence-corrected chi connectivity index (χ2v) is 4.64. The maximum Gasteiger partial charge on any atom is 0.139 e. The van der Waals surface area contributed by atoms with Crippen molar-refractivity contribution in [3.63, 3.8) is 0 Å². The third-order valence-electron chi connectivity index (χ3n) is 2.91. The minimum atomic E-state index is -0.219. The quantitative estimate of drug-likeness (QED) is 0.879. The molecular formula is C15H15ClFNO. The molecule has 0 aromatic heterocycles. The fraction of sp³-hybridized carbons (Fsp3) is 0.200. The molecule has 19 heavy (non-hydrogen) atoms. The van der Waals surface area contributed by atoms with Gasteiger partial charge in [-0.05, 0) is 25.1 Å². The Hall–Kier alpha value is -1.74. The van der Waals surface area contributed by atoms with Crippen molar-refractivity contribution in [1.82, 2.24) is 0 Å². The van der Waals surface area contributed by atoms with Crippen molar-refractivity contribution in [1.29, 1.82) is 0 Å². The zero-order valence-corrected chi connectivity index (χ0v) is 11.5. The van der Waals surface area contributed by atoms with Crippen LogP contribution in [0.1, 0.15) is 18.5 Å². The molecule has 0 saturated carbocycles. The number of halogens is 2. The predicted molar refractivity (Wildman–Crippen MR) is 76.4 cm³/mol. The molecule has 2 aromatic rings. The summed E-state index contributed by atoms with van der Waals surface area (Å²) < 4.78 is 18.8. The van der Waals surface area contributed by atoms with Crippen LogP contribution in [0.3, 0.4) is 0 Å². The van der Waals surface area contributed by atoms with Crippen LogP contribution in [0.4, 0.5) is 10.1 Å². The van der Waals surface area contributed by atoms with Crippen LogP contribution in [-0.2, 0) is 0 Å². The summed E-state index contributed by atoms with van der Waals surface area (Å²) in [6, 6.07) is 11.9. The third-order valence-corrected chi connectivity index (χ3v) is 3.22. The van der Waals surface area contributed by atoms with E-state index in [0.29, 0.717) is 16.3 Å². The molecule has 1 unspecified atom stereocenters. The van der Waals surface area contributed by atoms with Crippen LogP contribution >= 0.6 is 11.6 Å². The lowest BCUT2D eigenvalue weighted by Gasteiger charge is -2.17. The van der Waals surface area contributed by atoms with Gasteiger partial charge in [0.15, 0.2) is 0 Å². The molecule has 0 aliphatic rings. The van der Waals surface area contributed by atoms with Gasteiger partial charge in [-0.25, -0.2) is 4.39 Å². The van der Waals surface area contributed by atoms with E-state index in [0.717, 1.165) is 5.69 Å². The van der Waals surface area contributed by atoms with E-state index in [9.17, 15) is 4.39 Å². The number of ether oxygens (including phenoxy) is 1. The average Bonchev–Trinajstić information content (AvgIpc) is 2.41. The van der Waals surface area contributed by atoms with Crippen molar-refractivity contribution in [2.75, 3.05) is 12.4 Å². The first kappa shape index (κ1) is 13.7. The van der Waals surface area contributed by atoms with Gasteiger partial charge < -0.3 is 10.1 Å². The van der Waals surface area contributed by atoms with Gasteiger partial charge in [0, 0.05) is 17.3 Å². The van der Waals surface area contributed by atoms with Crippen molar-refractivity contribution in [3.8, 4) is 5.75 Å². The Morgan fingerprint density at radius 3 is 2.63 bits per heavy atom. The van der Waals surface area contributed by atoms with Gasteiger partial charge in [-0.3, -0.25) is 0 Å². The average molecular weight is 280 g/mol. The van der Waals surface area contributed by atoms with E-state index in [-0.39, 0.29) is 11.9 Å². The lowest BCUT2D eigenvalue weighted by molar-refractivity contribution is 0.415. The monoisotopic (exact) mass is 279 g/mol. The fourth-order valence-corrected chi connectivity index (χ4v) is 2.10. The van der Waals surface area contributed by atoms with E-state index >= 15 is 0 Å². The first-order valence-corrected chi connectivity index (χ1v) is 6.34. The number of nitrogens with one attached hydrogen (secondary N) is 1. The smallest absolute Gasteiger partial charge is 0.139 e. The van der Waals surface area contributed by atoms with Gasteiger partial charge in [0.2, 0.25) is 0 Å². The molecule has 1 atom stereocenters. The largest absolute Gasteiger partial charge is 0.495 e. The molecule has 0 radical (unpaired) electrons. The Morgan fingerprint density at radius 2 is 1.95 bits per heavy atom. The second-order valence-electron chi connectivity index (χ2n) is 4.24. The van der Waals surface area contributed by atoms with Crippen molar-refractivity contribution >= 4 is 17.3 Å². The Balaban J connectivity index is 2.19. The SMILES string of the molecule is COc1cc(NC(C)c2ccccc2F)ccc1Cl. The molecule has 2 nitrogen and oxygen atoms in total. The van der Waals surface area contributed by atoms with Crippen LogP contribution < -0.4 is 10.1 Å². The molecule has 0 heterocycles. The zero-order valence-electron chi connectivity index (χ0n) is 10.8. The molecule has 0 spiro atoms. The number of rotatable bonds is 4. The summed E-state index contributed by atoms with van der Waals surface area (Å²) in [5.74, 6) is 0.371. The zero-order chi connectivity index (χ0) is 13.8. The number of anilines is 1. The fourth-order valence-electron chi connectivity index (χ4n) is 1.90. The van der Waals surface area contributed by atoms with Gasteiger partial charge in [0.25, 0.3) is 0 Å². The van der Waals surface area contributed by atoms with Crippen molar-refractivity contribution < 1.29 is 9.13 Å². The van der Waals surface area contributed by atoms with E-state index < -0.39 is 0 Å². The van der Waals surface area contributed by atoms with Gasteiger partial charge in [0.1, 0.15) is 11.6 Å². The number of hydrogen-bond donors (Lipinski definition) is 1. The molecule has 0 aliphatic heterocycles. The van der Waals surface area contributed by atoms with E-state index in [4.69, 9.17) is 16.3 Å². The number of methoxy groups -OCH3 is 1. The third kappa shape index (κ3) is 3.18. The van der Waals surface area contributed by atoms with Crippen LogP contribution in [-0.4, -0.2) is 7.11 Å². The molecule has 100 valence electrons. The summed E-state index contributed by atoms with van der Waals surface area (Å²) in [7, 11) is 1.56. The lowest BCUT2D eigenvalue weighted by atomic mass is 10.1. The van der Waals surface area contributed by atoms with E-state index in [2.05, 4.69) is 5.32 Å². The van der Waals surface area contributed by atoms with Crippen molar-refractivity contribution in [2.24, 2.45) is 0 Å². The first-order chi connectivity index (χ1) is 9.11. The van der Waals surface area contributed by atoms with E-state index in [1.807, 2.05) is 19.1 Å². The van der Waals surface area contributed by atoms with Crippen LogP contribution in [0.15, 0.2) is 42.5 Å². The highest BCUT2D eigenvalue weighted by Crippen LogP contribution is 2.29. The standard InChI is InChI=1S/C15H15ClFNO/c1-10(12-5-3-4-6-14(12)17)18-11-7-8-13(16)15(9-11)19-2/h3-10,18H,1-2H3. The molecule has 4 heteroatoms. The van der Waals surface area contributed by atoms with Crippen LogP contribution in [0, 0.1) is 5.82 Å². The Bertz CT molecular complexity index is 574. The Kier molecular flexibility index (Phi) is 4.27. The molecule has 2 aromatic carbocycles. The molecule has 2 rings (SSSR count). The normalized spacial score (nSPS) is 12.0. The lowest BCUT2D eigenvalue weighted by Crippen LogP contribution is -2.08. The van der Waals surface area contributed by atoms with E-state index in [1.165, 1.54) is 6.07 Å². The topological polar surface area (TPSA) is 21.3 Å². The first-order valence-electron chi connectivity index (χ1n) is 5.96. The molecule has 0 saturated heterocycles. The van der Waals surface area contributed by atoms with Crippen LogP contribution in [0.2, 0.25) is 5.02 Å². The summed E-state index contributed by atoms with van der Waals surface area (Å²) in [5.41, 5.74) is 1.45. The highest BCUT2D eigenvalue weighted by molar-refractivity contribution is 6.32. The van der Waals surface area contributed by atoms with Gasteiger partial charge in [-0.15, -0.1) is 0 Å². The molecule has 0 amide bonds. The molecule has 0 aliphatic carbocycles. The minimum absolute atomic E-state index is 0.146. The number of hydrogen-bond acceptors (Lipinski definition) is 2. The summed E-state index contributed by atoms with van der Waals surface area (Å²) in [5, 5.41) is 3.77. The highest BCUT2D eigenvalue weighted by Gasteiger charge is 2.11. The minimum Gasteiger partial charge on any atom is -0.495 e. The van der Waals surface area contributed by atoms with E-state index in [1.54, 1.807) is 31.4 Å². The maximum atomic E-state index is 13.7. The van der Waals surface area contributed by atoms with Gasteiger partial charge in [0.05, 0.1) is 18.2 Å². The summed E-state index contributed by atoms with van der Waals surface area (Å²) >= 11 is 5.96. The molecule has 1 N–H and O–H groups in total. The van der Waals surface area contributed by atoms with Crippen molar-refractivity contribution in [2.45, 2.75) is 13.0 Å². The Labute approximate surface area is 117 Å². The van der Waals surface area contributed by atoms with Gasteiger partial charge in [-0.2, -0.15) is 0 Å². The summed E-state index contributed by atoms with van der Waals surface area (Å²) in [6.45, 7) is 1.90. The predicted octanol–water partition coefficient (Wildman–Crippen LogP) is 4.66. The van der Waals surface area contributed by atoms with Gasteiger partial charge >= 0.3 is 0 Å². The summed E-state index contributed by atoms with van der Waals surface area (Å²) in [4.78, 5) is 0. The molecule has 0 fully saturated rings. The summed E-state index contributed by atoms with van der Waals surface area (Å²) in [6.07, 6.45) is 0.